The maximum Gasteiger partial charge on any atom is 0.316 e. The van der Waals surface area contributed by atoms with Gasteiger partial charge >= 0.3 is 6.01 Å². The maximum absolute atomic E-state index is 13.4. The van der Waals surface area contributed by atoms with Gasteiger partial charge in [-0.25, -0.2) is 15.0 Å². The number of halogens is 1. The number of aromatic nitrogens is 6. The van der Waals surface area contributed by atoms with E-state index >= 15 is 0 Å². The fourth-order valence-electron chi connectivity index (χ4n) is 4.17. The molecular formula is C19H18ClN7O2. The predicted molar refractivity (Wildman–Crippen MR) is 103 cm³/mol. The van der Waals surface area contributed by atoms with Gasteiger partial charge in [0.1, 0.15) is 11.8 Å². The molecule has 3 aromatic rings. The molecule has 0 radical (unpaired) electrons. The van der Waals surface area contributed by atoms with Crippen LogP contribution in [0.15, 0.2) is 36.9 Å². The van der Waals surface area contributed by atoms with Crippen LogP contribution in [0.4, 0.5) is 0 Å². The number of pyridine rings is 1. The molecule has 0 N–H and O–H groups in total. The van der Waals surface area contributed by atoms with Crippen LogP contribution >= 0.6 is 11.6 Å². The number of likely N-dealkylation sites (tertiary alicyclic amines) is 1. The van der Waals surface area contributed by atoms with Crippen molar-refractivity contribution in [3.63, 3.8) is 0 Å². The predicted octanol–water partition coefficient (Wildman–Crippen LogP) is 2.10. The zero-order valence-corrected chi connectivity index (χ0v) is 16.4. The van der Waals surface area contributed by atoms with Gasteiger partial charge < -0.3 is 9.64 Å². The lowest BCUT2D eigenvalue weighted by Gasteiger charge is -2.32. The van der Waals surface area contributed by atoms with Crippen LogP contribution in [0, 0.1) is 12.8 Å². The van der Waals surface area contributed by atoms with Crippen LogP contribution in [-0.2, 0) is 0 Å². The first kappa shape index (κ1) is 18.0. The second kappa shape index (κ2) is 7.07. The van der Waals surface area contributed by atoms with E-state index in [4.69, 9.17) is 16.3 Å². The van der Waals surface area contributed by atoms with Crippen molar-refractivity contribution in [2.24, 2.45) is 5.92 Å². The second-order valence-electron chi connectivity index (χ2n) is 7.34. The zero-order chi connectivity index (χ0) is 20.0. The van der Waals surface area contributed by atoms with Gasteiger partial charge in [-0.2, -0.15) is 10.2 Å². The fourth-order valence-corrected chi connectivity index (χ4v) is 4.26. The third kappa shape index (κ3) is 3.31. The van der Waals surface area contributed by atoms with Gasteiger partial charge in [0.15, 0.2) is 5.69 Å². The minimum Gasteiger partial charge on any atom is -0.458 e. The van der Waals surface area contributed by atoms with Crippen LogP contribution in [0.3, 0.4) is 0 Å². The van der Waals surface area contributed by atoms with Crippen LogP contribution in [0.5, 0.6) is 6.01 Å². The normalized spacial score (nSPS) is 22.8. The number of aryl methyl sites for hydroxylation is 1. The summed E-state index contributed by atoms with van der Waals surface area (Å²) in [5.41, 5.74) is 1.66. The molecule has 29 heavy (non-hydrogen) atoms. The number of carbonyl (C=O) groups is 1. The van der Waals surface area contributed by atoms with Gasteiger partial charge in [0.2, 0.25) is 0 Å². The molecule has 0 spiro atoms. The van der Waals surface area contributed by atoms with Crippen molar-refractivity contribution < 1.29 is 9.53 Å². The highest BCUT2D eigenvalue weighted by Crippen LogP contribution is 2.40. The summed E-state index contributed by atoms with van der Waals surface area (Å²) in [5.74, 6) is 0.246. The molecule has 1 aliphatic carbocycles. The summed E-state index contributed by atoms with van der Waals surface area (Å²) in [5, 5.41) is 8.76. The van der Waals surface area contributed by atoms with Gasteiger partial charge in [0.25, 0.3) is 5.91 Å². The highest BCUT2D eigenvalue weighted by atomic mass is 35.5. The number of fused-ring (bicyclic) bond motifs is 2. The molecule has 3 aromatic heterocycles. The van der Waals surface area contributed by atoms with E-state index in [0.717, 1.165) is 18.5 Å². The van der Waals surface area contributed by atoms with E-state index in [1.165, 1.54) is 17.2 Å². The van der Waals surface area contributed by atoms with Crippen molar-refractivity contribution in [3.05, 3.63) is 53.3 Å². The summed E-state index contributed by atoms with van der Waals surface area (Å²) < 4.78 is 5.98. The number of hydrogen-bond acceptors (Lipinski definition) is 7. The van der Waals surface area contributed by atoms with Gasteiger partial charge in [0, 0.05) is 12.2 Å². The van der Waals surface area contributed by atoms with Gasteiger partial charge in [-0.3, -0.25) is 4.79 Å². The Bertz CT molecular complexity index is 1040. The van der Waals surface area contributed by atoms with Crippen LogP contribution < -0.4 is 4.74 Å². The SMILES string of the molecule is Cc1ccc(-n2nccn2)c(C(=O)N2C[C@H]3C[C@@H](Oc4ncc(Cl)cn4)[C@@H]2C3)n1. The summed E-state index contributed by atoms with van der Waals surface area (Å²) >= 11 is 5.84. The number of rotatable bonds is 4. The van der Waals surface area contributed by atoms with Crippen molar-refractivity contribution in [2.75, 3.05) is 6.54 Å². The molecular weight excluding hydrogens is 394 g/mol. The molecule has 1 amide bonds. The summed E-state index contributed by atoms with van der Waals surface area (Å²) in [6.45, 7) is 2.55. The topological polar surface area (TPSA) is 98.9 Å². The largest absolute Gasteiger partial charge is 0.458 e. The molecule has 1 saturated carbocycles. The van der Waals surface area contributed by atoms with E-state index in [1.807, 2.05) is 24.0 Å². The van der Waals surface area contributed by atoms with Crippen molar-refractivity contribution in [2.45, 2.75) is 31.9 Å². The molecule has 0 aromatic carbocycles. The standard InChI is InChI=1S/C19H18ClN7O2/c1-11-2-3-14(27-23-4-5-24-27)17(25-11)18(28)26-10-12-6-15(26)16(7-12)29-19-21-8-13(20)9-22-19/h2-5,8-9,12,15-16H,6-7,10H2,1H3/t12-,15+,16-/m1/s1. The Morgan fingerprint density at radius 1 is 1.17 bits per heavy atom. The maximum atomic E-state index is 13.4. The quantitative estimate of drug-likeness (QED) is 0.648. The first-order chi connectivity index (χ1) is 14.1. The number of piperidine rings is 1. The Labute approximate surface area is 171 Å². The molecule has 3 atom stereocenters. The van der Waals surface area contributed by atoms with Crippen LogP contribution in [0.2, 0.25) is 5.02 Å². The Kier molecular flexibility index (Phi) is 4.39. The van der Waals surface area contributed by atoms with E-state index < -0.39 is 0 Å². The van der Waals surface area contributed by atoms with Crippen LogP contribution in [-0.4, -0.2) is 59.4 Å². The van der Waals surface area contributed by atoms with Crippen molar-refractivity contribution in [3.8, 4) is 11.7 Å². The number of carbonyl (C=O) groups excluding carboxylic acids is 1. The second-order valence-corrected chi connectivity index (χ2v) is 7.78. The number of hydrogen-bond donors (Lipinski definition) is 0. The molecule has 1 saturated heterocycles. The Morgan fingerprint density at radius 3 is 2.66 bits per heavy atom. The molecule has 148 valence electrons. The van der Waals surface area contributed by atoms with Crippen LogP contribution in [0.1, 0.15) is 29.0 Å². The monoisotopic (exact) mass is 411 g/mol. The highest BCUT2D eigenvalue weighted by molar-refractivity contribution is 6.30. The average Bonchev–Trinajstić information content (AvgIpc) is 3.46. The van der Waals surface area contributed by atoms with Crippen molar-refractivity contribution in [1.82, 2.24) is 34.8 Å². The van der Waals surface area contributed by atoms with Gasteiger partial charge in [-0.1, -0.05) is 11.6 Å². The summed E-state index contributed by atoms with van der Waals surface area (Å²) in [7, 11) is 0. The van der Waals surface area contributed by atoms with Crippen LogP contribution in [0.25, 0.3) is 5.69 Å². The molecule has 9 nitrogen and oxygen atoms in total. The summed E-state index contributed by atoms with van der Waals surface area (Å²) in [6, 6.07) is 3.89. The molecule has 0 unspecified atom stereocenters. The Balaban J connectivity index is 1.41. The van der Waals surface area contributed by atoms with Gasteiger partial charge in [-0.05, 0) is 37.8 Å². The van der Waals surface area contributed by atoms with Crippen molar-refractivity contribution in [1.29, 1.82) is 0 Å². The molecule has 10 heteroatoms. The van der Waals surface area contributed by atoms with Crippen molar-refractivity contribution >= 4 is 17.5 Å². The molecule has 1 aliphatic heterocycles. The smallest absolute Gasteiger partial charge is 0.316 e. The zero-order valence-electron chi connectivity index (χ0n) is 15.6. The van der Waals surface area contributed by atoms with Gasteiger partial charge in [-0.15, -0.1) is 4.80 Å². The Morgan fingerprint density at radius 2 is 1.93 bits per heavy atom. The molecule has 4 heterocycles. The lowest BCUT2D eigenvalue weighted by atomic mass is 10.1. The first-order valence-corrected chi connectivity index (χ1v) is 9.76. The molecule has 2 aliphatic rings. The lowest BCUT2D eigenvalue weighted by Crippen LogP contribution is -2.47. The fraction of sp³-hybridized carbons (Fsp3) is 0.368. The first-order valence-electron chi connectivity index (χ1n) is 9.38. The third-order valence-corrected chi connectivity index (χ3v) is 5.58. The third-order valence-electron chi connectivity index (χ3n) is 5.39. The van der Waals surface area contributed by atoms with E-state index in [2.05, 4.69) is 25.1 Å². The van der Waals surface area contributed by atoms with E-state index in [0.29, 0.717) is 28.9 Å². The minimum atomic E-state index is -0.157. The number of amides is 1. The van der Waals surface area contributed by atoms with Gasteiger partial charge in [0.05, 0.1) is 35.9 Å². The average molecular weight is 412 g/mol. The minimum absolute atomic E-state index is 0.0486. The highest BCUT2D eigenvalue weighted by Gasteiger charge is 2.49. The summed E-state index contributed by atoms with van der Waals surface area (Å²) in [4.78, 5) is 29.4. The number of nitrogens with zero attached hydrogens (tertiary/aromatic N) is 7. The molecule has 2 bridgehead atoms. The lowest BCUT2D eigenvalue weighted by molar-refractivity contribution is 0.0447. The van der Waals surface area contributed by atoms with E-state index in [9.17, 15) is 4.79 Å². The Hall–Kier alpha value is -3.07. The van der Waals surface area contributed by atoms with E-state index in [1.54, 1.807) is 12.4 Å². The number of ether oxygens (including phenoxy) is 1. The molecule has 5 rings (SSSR count). The summed E-state index contributed by atoms with van der Waals surface area (Å²) in [6.07, 6.45) is 7.75. The molecule has 2 fully saturated rings. The van der Waals surface area contributed by atoms with E-state index in [-0.39, 0.29) is 24.1 Å².